The summed E-state index contributed by atoms with van der Waals surface area (Å²) in [5.74, 6) is 0. The maximum atomic E-state index is 2.56. The minimum atomic E-state index is 0. The van der Waals surface area contributed by atoms with Gasteiger partial charge in [0.05, 0.1) is 0 Å². The SMILES string of the molecule is CCCCN(CCCC)c1ccc(Cc2ccc(N(CCCC)CCCC)cc2)cc1.Cl.Cl. The maximum absolute atomic E-state index is 2.56. The third-order valence-electron chi connectivity index (χ3n) is 6.14. The monoisotopic (exact) mass is 494 g/mol. The van der Waals surface area contributed by atoms with E-state index in [1.807, 2.05) is 0 Å². The van der Waals surface area contributed by atoms with E-state index in [2.05, 4.69) is 86.0 Å². The van der Waals surface area contributed by atoms with Crippen LogP contribution in [-0.4, -0.2) is 26.2 Å². The molecule has 0 unspecified atom stereocenters. The van der Waals surface area contributed by atoms with E-state index in [0.717, 1.165) is 6.42 Å². The Morgan fingerprint density at radius 3 is 0.970 bits per heavy atom. The highest BCUT2D eigenvalue weighted by atomic mass is 35.5. The molecular weight excluding hydrogens is 447 g/mol. The highest BCUT2D eigenvalue weighted by Gasteiger charge is 2.08. The van der Waals surface area contributed by atoms with Crippen LogP contribution in [0.15, 0.2) is 48.5 Å². The molecule has 0 heterocycles. The van der Waals surface area contributed by atoms with Crippen molar-refractivity contribution in [2.24, 2.45) is 0 Å². The number of hydrogen-bond donors (Lipinski definition) is 0. The first-order valence-corrected chi connectivity index (χ1v) is 12.9. The van der Waals surface area contributed by atoms with Crippen LogP contribution in [0.2, 0.25) is 0 Å². The number of hydrogen-bond acceptors (Lipinski definition) is 2. The zero-order valence-corrected chi connectivity index (χ0v) is 23.2. The minimum Gasteiger partial charge on any atom is -0.372 e. The molecule has 0 aliphatic heterocycles. The highest BCUT2D eigenvalue weighted by molar-refractivity contribution is 5.85. The molecule has 0 aromatic heterocycles. The van der Waals surface area contributed by atoms with Gasteiger partial charge >= 0.3 is 0 Å². The Morgan fingerprint density at radius 1 is 0.455 bits per heavy atom. The average molecular weight is 496 g/mol. The molecule has 0 bridgehead atoms. The fraction of sp³-hybridized carbons (Fsp3) is 0.586. The van der Waals surface area contributed by atoms with Crippen LogP contribution in [0.25, 0.3) is 0 Å². The Hall–Kier alpha value is -1.38. The van der Waals surface area contributed by atoms with Gasteiger partial charge in [-0.2, -0.15) is 0 Å². The summed E-state index contributed by atoms with van der Waals surface area (Å²) in [6.07, 6.45) is 11.1. The average Bonchev–Trinajstić information content (AvgIpc) is 2.81. The van der Waals surface area contributed by atoms with Crippen LogP contribution in [0, 0.1) is 0 Å². The Balaban J connectivity index is 0.00000512. The first kappa shape index (κ1) is 31.6. The second kappa shape index (κ2) is 19.0. The van der Waals surface area contributed by atoms with Gasteiger partial charge in [0, 0.05) is 37.6 Å². The molecule has 0 saturated heterocycles. The fourth-order valence-electron chi connectivity index (χ4n) is 4.02. The van der Waals surface area contributed by atoms with Gasteiger partial charge in [-0.15, -0.1) is 24.8 Å². The van der Waals surface area contributed by atoms with Crippen molar-refractivity contribution in [3.05, 3.63) is 59.7 Å². The van der Waals surface area contributed by atoms with Crippen LogP contribution in [0.1, 0.15) is 90.2 Å². The first-order valence-electron chi connectivity index (χ1n) is 12.9. The molecule has 0 N–H and O–H groups in total. The summed E-state index contributed by atoms with van der Waals surface area (Å²) in [5.41, 5.74) is 5.56. The van der Waals surface area contributed by atoms with Crippen LogP contribution in [-0.2, 0) is 6.42 Å². The van der Waals surface area contributed by atoms with Gasteiger partial charge in [0.15, 0.2) is 0 Å². The van der Waals surface area contributed by atoms with Crippen molar-refractivity contribution in [3.63, 3.8) is 0 Å². The first-order chi connectivity index (χ1) is 15.2. The summed E-state index contributed by atoms with van der Waals surface area (Å²) in [6, 6.07) is 18.6. The van der Waals surface area contributed by atoms with Crippen LogP contribution in [0.3, 0.4) is 0 Å². The molecule has 33 heavy (non-hydrogen) atoms. The molecule has 188 valence electrons. The van der Waals surface area contributed by atoms with Crippen molar-refractivity contribution in [2.75, 3.05) is 36.0 Å². The molecule has 0 aliphatic rings. The van der Waals surface area contributed by atoms with E-state index in [4.69, 9.17) is 0 Å². The number of halogens is 2. The van der Waals surface area contributed by atoms with Crippen LogP contribution in [0.4, 0.5) is 11.4 Å². The number of unbranched alkanes of at least 4 members (excludes halogenated alkanes) is 4. The van der Waals surface area contributed by atoms with Crippen LogP contribution >= 0.6 is 24.8 Å². The summed E-state index contributed by atoms with van der Waals surface area (Å²) in [5, 5.41) is 0. The lowest BCUT2D eigenvalue weighted by molar-refractivity contribution is 0.678. The van der Waals surface area contributed by atoms with Gasteiger partial charge in [-0.3, -0.25) is 0 Å². The topological polar surface area (TPSA) is 6.48 Å². The Bertz CT molecular complexity index is 623. The van der Waals surface area contributed by atoms with E-state index in [1.54, 1.807) is 0 Å². The second-order valence-electron chi connectivity index (χ2n) is 8.90. The maximum Gasteiger partial charge on any atom is 0.0366 e. The van der Waals surface area contributed by atoms with Crippen molar-refractivity contribution in [2.45, 2.75) is 85.5 Å². The molecule has 0 saturated carbocycles. The number of anilines is 2. The standard InChI is InChI=1S/C29H46N2.2ClH/c1-5-9-21-30(22-10-6-2)28-17-13-26(14-18-28)25-27-15-19-29(20-16-27)31(23-11-7-3)24-12-8-4;;/h13-20H,5-12,21-25H2,1-4H3;2*1H. The zero-order valence-electron chi connectivity index (χ0n) is 21.5. The molecule has 0 amide bonds. The summed E-state index contributed by atoms with van der Waals surface area (Å²) in [7, 11) is 0. The Labute approximate surface area is 217 Å². The lowest BCUT2D eigenvalue weighted by Gasteiger charge is -2.25. The normalized spacial score (nSPS) is 10.3. The van der Waals surface area contributed by atoms with Gasteiger partial charge in [-0.1, -0.05) is 77.6 Å². The van der Waals surface area contributed by atoms with Crippen molar-refractivity contribution in [3.8, 4) is 0 Å². The molecule has 0 aliphatic carbocycles. The van der Waals surface area contributed by atoms with Crippen LogP contribution < -0.4 is 9.80 Å². The molecule has 2 rings (SSSR count). The van der Waals surface area contributed by atoms with E-state index in [0.29, 0.717) is 0 Å². The smallest absolute Gasteiger partial charge is 0.0366 e. The lowest BCUT2D eigenvalue weighted by Crippen LogP contribution is -2.25. The number of rotatable bonds is 16. The third kappa shape index (κ3) is 11.5. The van der Waals surface area contributed by atoms with Gasteiger partial charge in [-0.05, 0) is 67.5 Å². The van der Waals surface area contributed by atoms with Gasteiger partial charge in [0.2, 0.25) is 0 Å². The molecule has 0 atom stereocenters. The summed E-state index contributed by atoms with van der Waals surface area (Å²) < 4.78 is 0. The molecule has 2 nitrogen and oxygen atoms in total. The van der Waals surface area contributed by atoms with E-state index in [1.165, 1.54) is 100 Å². The van der Waals surface area contributed by atoms with Crippen molar-refractivity contribution in [1.29, 1.82) is 0 Å². The predicted molar refractivity (Wildman–Crippen MR) is 154 cm³/mol. The zero-order chi connectivity index (χ0) is 22.3. The molecule has 2 aromatic rings. The van der Waals surface area contributed by atoms with Gasteiger partial charge in [0.1, 0.15) is 0 Å². The van der Waals surface area contributed by atoms with Crippen molar-refractivity contribution < 1.29 is 0 Å². The minimum absolute atomic E-state index is 0. The van der Waals surface area contributed by atoms with Gasteiger partial charge < -0.3 is 9.80 Å². The summed E-state index contributed by atoms with van der Waals surface area (Å²) in [6.45, 7) is 13.8. The summed E-state index contributed by atoms with van der Waals surface area (Å²) >= 11 is 0. The predicted octanol–water partition coefficient (Wildman–Crippen LogP) is 8.93. The van der Waals surface area contributed by atoms with Crippen molar-refractivity contribution >= 4 is 36.2 Å². The fourth-order valence-corrected chi connectivity index (χ4v) is 4.02. The van der Waals surface area contributed by atoms with Crippen molar-refractivity contribution in [1.82, 2.24) is 0 Å². The quantitative estimate of drug-likeness (QED) is 0.229. The number of nitrogens with zero attached hydrogens (tertiary/aromatic N) is 2. The molecule has 2 aromatic carbocycles. The van der Waals surface area contributed by atoms with Gasteiger partial charge in [0.25, 0.3) is 0 Å². The van der Waals surface area contributed by atoms with Gasteiger partial charge in [-0.25, -0.2) is 0 Å². The highest BCUT2D eigenvalue weighted by Crippen LogP contribution is 2.21. The number of benzene rings is 2. The molecule has 0 spiro atoms. The largest absolute Gasteiger partial charge is 0.372 e. The Morgan fingerprint density at radius 2 is 0.727 bits per heavy atom. The second-order valence-corrected chi connectivity index (χ2v) is 8.90. The van der Waals surface area contributed by atoms with E-state index in [-0.39, 0.29) is 24.8 Å². The lowest BCUT2D eigenvalue weighted by atomic mass is 10.0. The van der Waals surface area contributed by atoms with E-state index >= 15 is 0 Å². The third-order valence-corrected chi connectivity index (χ3v) is 6.14. The van der Waals surface area contributed by atoms with Crippen LogP contribution in [0.5, 0.6) is 0 Å². The van der Waals surface area contributed by atoms with E-state index < -0.39 is 0 Å². The molecule has 4 heteroatoms. The van der Waals surface area contributed by atoms with E-state index in [9.17, 15) is 0 Å². The molecule has 0 radical (unpaired) electrons. The molecule has 0 fully saturated rings. The Kier molecular flexibility index (Phi) is 18.2. The summed E-state index contributed by atoms with van der Waals surface area (Å²) in [4.78, 5) is 5.12. The molecular formula is C29H48Cl2N2.